The Bertz CT molecular complexity index is 1050. The normalized spacial score (nSPS) is 17.9. The summed E-state index contributed by atoms with van der Waals surface area (Å²) >= 11 is 0. The minimum atomic E-state index is -1.13. The Morgan fingerprint density at radius 2 is 1.72 bits per heavy atom. The van der Waals surface area contributed by atoms with Gasteiger partial charge in [0, 0.05) is 58.2 Å². The molecule has 1 aromatic carbocycles. The summed E-state index contributed by atoms with van der Waals surface area (Å²) in [6.45, 7) is 17.1. The van der Waals surface area contributed by atoms with E-state index < -0.39 is 35.7 Å². The summed E-state index contributed by atoms with van der Waals surface area (Å²) in [7, 11) is 3.20. The monoisotopic (exact) mass is 651 g/mol. The van der Waals surface area contributed by atoms with Gasteiger partial charge in [-0.1, -0.05) is 33.8 Å². The summed E-state index contributed by atoms with van der Waals surface area (Å²) in [5, 5.41) is 28.0. The van der Waals surface area contributed by atoms with Gasteiger partial charge in [-0.05, 0) is 69.6 Å². The fourth-order valence-electron chi connectivity index (χ4n) is 5.65. The number of methoxy groups -OCH3 is 2. The van der Waals surface area contributed by atoms with Crippen molar-refractivity contribution in [1.82, 2.24) is 15.5 Å². The first-order valence-electron chi connectivity index (χ1n) is 16.8. The number of nitrogens with zero attached hydrogens (tertiary/aromatic N) is 1. The number of carbonyl (C=O) groups excluding carboxylic acids is 2. The van der Waals surface area contributed by atoms with Crippen LogP contribution in [-0.4, -0.2) is 105 Å². The molecule has 1 aromatic rings. The number of carbonyl (C=O) groups is 2. The molecule has 4 N–H and O–H groups in total. The summed E-state index contributed by atoms with van der Waals surface area (Å²) < 4.78 is 22.3. The van der Waals surface area contributed by atoms with E-state index in [1.54, 1.807) is 48.0 Å². The molecule has 0 aromatic heterocycles. The maximum absolute atomic E-state index is 13.7. The fourth-order valence-corrected chi connectivity index (χ4v) is 5.65. The zero-order chi connectivity index (χ0) is 34.4. The van der Waals surface area contributed by atoms with Gasteiger partial charge in [-0.2, -0.15) is 0 Å². The molecule has 1 heterocycles. The number of hydrogen-bond donors (Lipinski definition) is 4. The van der Waals surface area contributed by atoms with Gasteiger partial charge >= 0.3 is 6.09 Å². The SMILES string of the molecule is COCCCOc1cc(C([C@@H](C)C(=O)NCCN2CCC(O)CC2)[C@H](O)[C@H](C[C@H](C)C(C)C)NC(=O)OC(C)(C)C)ccc1OC. The molecule has 1 fully saturated rings. The summed E-state index contributed by atoms with van der Waals surface area (Å²) in [5.41, 5.74) is -0.0243. The lowest BCUT2D eigenvalue weighted by Crippen LogP contribution is -2.51. The topological polar surface area (TPSA) is 139 Å². The molecule has 0 radical (unpaired) electrons. The van der Waals surface area contributed by atoms with Gasteiger partial charge in [-0.15, -0.1) is 0 Å². The van der Waals surface area contributed by atoms with Crippen LogP contribution >= 0.6 is 0 Å². The third kappa shape index (κ3) is 13.3. The minimum absolute atomic E-state index is 0.165. The smallest absolute Gasteiger partial charge is 0.407 e. The second kappa shape index (κ2) is 19.3. The van der Waals surface area contributed by atoms with Gasteiger partial charge in [-0.3, -0.25) is 4.79 Å². The number of hydrogen-bond acceptors (Lipinski definition) is 9. The van der Waals surface area contributed by atoms with Crippen molar-refractivity contribution in [3.8, 4) is 11.5 Å². The molecule has 5 atom stereocenters. The highest BCUT2D eigenvalue weighted by molar-refractivity contribution is 5.79. The molecule has 0 saturated carbocycles. The molecule has 2 rings (SSSR count). The summed E-state index contributed by atoms with van der Waals surface area (Å²) in [6, 6.07) is 4.75. The highest BCUT2D eigenvalue weighted by Crippen LogP contribution is 2.37. The van der Waals surface area contributed by atoms with Crippen LogP contribution in [0.3, 0.4) is 0 Å². The lowest BCUT2D eigenvalue weighted by molar-refractivity contribution is -0.126. The van der Waals surface area contributed by atoms with E-state index in [0.717, 1.165) is 25.9 Å². The molecule has 0 spiro atoms. The van der Waals surface area contributed by atoms with E-state index in [4.69, 9.17) is 18.9 Å². The lowest BCUT2D eigenvalue weighted by Gasteiger charge is -2.36. The Kier molecular flexibility index (Phi) is 16.6. The molecule has 0 bridgehead atoms. The van der Waals surface area contributed by atoms with Crippen LogP contribution in [0, 0.1) is 17.8 Å². The largest absolute Gasteiger partial charge is 0.493 e. The number of piperidine rings is 1. The van der Waals surface area contributed by atoms with E-state index in [1.807, 2.05) is 12.1 Å². The van der Waals surface area contributed by atoms with Gasteiger partial charge in [-0.25, -0.2) is 4.79 Å². The van der Waals surface area contributed by atoms with Crippen LogP contribution in [0.2, 0.25) is 0 Å². The second-order valence-corrected chi connectivity index (χ2v) is 14.0. The molecule has 1 unspecified atom stereocenters. The first-order chi connectivity index (χ1) is 21.7. The third-order valence-corrected chi connectivity index (χ3v) is 8.81. The van der Waals surface area contributed by atoms with Crippen LogP contribution in [0.25, 0.3) is 0 Å². The van der Waals surface area contributed by atoms with Crippen molar-refractivity contribution in [3.63, 3.8) is 0 Å². The molecule has 2 amide bonds. The number of ether oxygens (including phenoxy) is 4. The van der Waals surface area contributed by atoms with E-state index in [-0.39, 0.29) is 17.9 Å². The standard InChI is InChI=1S/C35H61N3O8/c1-23(2)24(3)21-28(37-34(42)46-35(5,6)7)32(40)31(25(4)33(41)36-15-18-38-16-13-27(39)14-17-38)26-11-12-29(44-9)30(22-26)45-20-10-19-43-8/h11-12,22-25,27-28,31-32,39-40H,10,13-21H2,1-9H3,(H,36,41)(H,37,42)/t24-,25+,28-,31?,32+/m0/s1. The molecule has 11 nitrogen and oxygen atoms in total. The van der Waals surface area contributed by atoms with E-state index in [0.29, 0.717) is 62.1 Å². The van der Waals surface area contributed by atoms with Crippen LogP contribution in [0.4, 0.5) is 4.79 Å². The molecular weight excluding hydrogens is 590 g/mol. The van der Waals surface area contributed by atoms with Crippen molar-refractivity contribution >= 4 is 12.0 Å². The van der Waals surface area contributed by atoms with E-state index in [9.17, 15) is 19.8 Å². The number of amides is 2. The van der Waals surface area contributed by atoms with Gasteiger partial charge < -0.3 is 44.7 Å². The van der Waals surface area contributed by atoms with Crippen LogP contribution in [0.1, 0.15) is 85.6 Å². The Morgan fingerprint density at radius 1 is 1.04 bits per heavy atom. The van der Waals surface area contributed by atoms with Crippen molar-refractivity contribution in [1.29, 1.82) is 0 Å². The van der Waals surface area contributed by atoms with Crippen LogP contribution < -0.4 is 20.1 Å². The molecule has 264 valence electrons. The maximum atomic E-state index is 13.7. The highest BCUT2D eigenvalue weighted by atomic mass is 16.6. The zero-order valence-corrected chi connectivity index (χ0v) is 29.6. The molecule has 46 heavy (non-hydrogen) atoms. The first kappa shape index (κ1) is 39.6. The molecule has 1 aliphatic heterocycles. The first-order valence-corrected chi connectivity index (χ1v) is 16.8. The molecule has 11 heteroatoms. The maximum Gasteiger partial charge on any atom is 0.407 e. The average molecular weight is 652 g/mol. The van der Waals surface area contributed by atoms with E-state index in [2.05, 4.69) is 36.3 Å². The number of likely N-dealkylation sites (tertiary alicyclic amines) is 1. The lowest BCUT2D eigenvalue weighted by atomic mass is 9.77. The quantitative estimate of drug-likeness (QED) is 0.171. The van der Waals surface area contributed by atoms with Crippen molar-refractivity contribution in [3.05, 3.63) is 23.8 Å². The average Bonchev–Trinajstić information content (AvgIpc) is 2.99. The van der Waals surface area contributed by atoms with Crippen LogP contribution in [0.15, 0.2) is 18.2 Å². The Hall–Kier alpha value is -2.60. The molecule has 1 aliphatic rings. The second-order valence-electron chi connectivity index (χ2n) is 14.0. The Balaban J connectivity index is 2.42. The number of aliphatic hydroxyl groups is 2. The third-order valence-electron chi connectivity index (χ3n) is 8.81. The summed E-state index contributed by atoms with van der Waals surface area (Å²) in [6.07, 6.45) is 0.617. The van der Waals surface area contributed by atoms with Crippen LogP contribution in [0.5, 0.6) is 11.5 Å². The number of nitrogens with one attached hydrogen (secondary N) is 2. The Morgan fingerprint density at radius 3 is 2.30 bits per heavy atom. The number of benzene rings is 1. The fraction of sp³-hybridized carbons (Fsp3) is 0.771. The van der Waals surface area contributed by atoms with E-state index in [1.165, 1.54) is 0 Å². The minimum Gasteiger partial charge on any atom is -0.493 e. The van der Waals surface area contributed by atoms with E-state index >= 15 is 0 Å². The van der Waals surface area contributed by atoms with Gasteiger partial charge in [0.25, 0.3) is 0 Å². The summed E-state index contributed by atoms with van der Waals surface area (Å²) in [4.78, 5) is 29.0. The predicted octanol–water partition coefficient (Wildman–Crippen LogP) is 4.34. The zero-order valence-electron chi connectivity index (χ0n) is 29.6. The van der Waals surface area contributed by atoms with Crippen molar-refractivity contribution in [2.45, 2.75) is 104 Å². The summed E-state index contributed by atoms with van der Waals surface area (Å²) in [5.74, 6) is -0.0547. The number of alkyl carbamates (subject to hydrolysis) is 1. The van der Waals surface area contributed by atoms with Gasteiger partial charge in [0.15, 0.2) is 11.5 Å². The van der Waals surface area contributed by atoms with Crippen LogP contribution in [-0.2, 0) is 14.3 Å². The molecule has 1 saturated heterocycles. The number of rotatable bonds is 18. The van der Waals surface area contributed by atoms with Crippen molar-refractivity contribution in [2.24, 2.45) is 17.8 Å². The predicted molar refractivity (Wildman–Crippen MR) is 179 cm³/mol. The number of aliphatic hydroxyl groups excluding tert-OH is 2. The van der Waals surface area contributed by atoms with Gasteiger partial charge in [0.1, 0.15) is 5.60 Å². The van der Waals surface area contributed by atoms with Crippen molar-refractivity contribution < 1.29 is 38.7 Å². The highest BCUT2D eigenvalue weighted by Gasteiger charge is 2.38. The van der Waals surface area contributed by atoms with Gasteiger partial charge in [0.05, 0.1) is 32.0 Å². The molecular formula is C35H61N3O8. The van der Waals surface area contributed by atoms with Gasteiger partial charge in [0.2, 0.25) is 5.91 Å². The van der Waals surface area contributed by atoms with Crippen molar-refractivity contribution in [2.75, 3.05) is 53.6 Å². The molecule has 0 aliphatic carbocycles. The Labute approximate surface area is 276 Å².